The maximum Gasteiger partial charge on any atom is 0.261 e. The van der Waals surface area contributed by atoms with E-state index in [2.05, 4.69) is 10.3 Å². The molecule has 0 spiro atoms. The highest BCUT2D eigenvalue weighted by molar-refractivity contribution is 5.77. The van der Waals surface area contributed by atoms with E-state index < -0.39 is 0 Å². The molecule has 0 aliphatic carbocycles. The van der Waals surface area contributed by atoms with E-state index in [0.29, 0.717) is 12.0 Å². The Kier molecular flexibility index (Phi) is 4.29. The number of aromatic nitrogens is 2. The van der Waals surface area contributed by atoms with E-state index in [1.54, 1.807) is 18.7 Å². The van der Waals surface area contributed by atoms with Crippen molar-refractivity contribution in [1.82, 2.24) is 9.55 Å². The summed E-state index contributed by atoms with van der Waals surface area (Å²) in [6.45, 7) is 3.58. The minimum absolute atomic E-state index is 0.00703. The van der Waals surface area contributed by atoms with Crippen molar-refractivity contribution in [3.63, 3.8) is 0 Å². The zero-order chi connectivity index (χ0) is 13.8. The van der Waals surface area contributed by atoms with Crippen molar-refractivity contribution in [3.8, 4) is 0 Å². The first-order valence-electron chi connectivity index (χ1n) is 6.43. The van der Waals surface area contributed by atoms with Crippen LogP contribution in [0.15, 0.2) is 29.1 Å². The Morgan fingerprint density at radius 3 is 2.89 bits per heavy atom. The fourth-order valence-electron chi connectivity index (χ4n) is 2.18. The molecule has 0 bridgehead atoms. The number of rotatable bonds is 5. The maximum atomic E-state index is 12.3. The summed E-state index contributed by atoms with van der Waals surface area (Å²) in [6, 6.07) is 7.57. The largest absolute Gasteiger partial charge is 0.379 e. The zero-order valence-corrected chi connectivity index (χ0v) is 11.6. The minimum Gasteiger partial charge on any atom is -0.379 e. The van der Waals surface area contributed by atoms with Crippen molar-refractivity contribution >= 4 is 10.9 Å². The fourth-order valence-corrected chi connectivity index (χ4v) is 2.18. The highest BCUT2D eigenvalue weighted by atomic mass is 16.5. The van der Waals surface area contributed by atoms with Gasteiger partial charge >= 0.3 is 0 Å². The number of hydrogen-bond acceptors (Lipinski definition) is 3. The van der Waals surface area contributed by atoms with E-state index in [4.69, 9.17) is 4.74 Å². The second-order valence-electron chi connectivity index (χ2n) is 4.66. The average Bonchev–Trinajstić information content (AvgIpc) is 2.43. The second kappa shape index (κ2) is 5.95. The lowest BCUT2D eigenvalue weighted by molar-refractivity contribution is -0.695. The molecule has 102 valence electrons. The molecule has 2 aromatic rings. The average molecular weight is 262 g/mol. The van der Waals surface area contributed by atoms with Gasteiger partial charge in [-0.2, -0.15) is 0 Å². The molecule has 2 N–H and O–H groups in total. The molecule has 2 rings (SSSR count). The summed E-state index contributed by atoms with van der Waals surface area (Å²) < 4.78 is 6.67. The number of nitrogens with zero attached hydrogens (tertiary/aromatic N) is 2. The van der Waals surface area contributed by atoms with Crippen LogP contribution >= 0.6 is 0 Å². The topological polar surface area (TPSA) is 60.7 Å². The number of hydrogen-bond donors (Lipinski definition) is 1. The summed E-state index contributed by atoms with van der Waals surface area (Å²) in [5.74, 6) is 0.791. The first-order valence-corrected chi connectivity index (χ1v) is 6.43. The number of ether oxygens (including phenoxy) is 1. The Morgan fingerprint density at radius 1 is 1.42 bits per heavy atom. The third-order valence-electron chi connectivity index (χ3n) is 3.27. The summed E-state index contributed by atoms with van der Waals surface area (Å²) in [6.07, 6.45) is 0. The molecule has 1 aromatic heterocycles. The number of methoxy groups -OCH3 is 1. The van der Waals surface area contributed by atoms with Gasteiger partial charge in [-0.05, 0) is 19.1 Å². The van der Waals surface area contributed by atoms with E-state index in [0.717, 1.165) is 17.9 Å². The van der Waals surface area contributed by atoms with Crippen molar-refractivity contribution < 1.29 is 10.1 Å². The lowest BCUT2D eigenvalue weighted by Crippen LogP contribution is -2.86. The molecule has 1 heterocycles. The van der Waals surface area contributed by atoms with Crippen LogP contribution in [0, 0.1) is 0 Å². The predicted octanol–water partition coefficient (Wildman–Crippen LogP) is 0.204. The van der Waals surface area contributed by atoms with Crippen molar-refractivity contribution in [2.45, 2.75) is 13.0 Å². The molecule has 0 radical (unpaired) electrons. The molecule has 0 aliphatic rings. The summed E-state index contributed by atoms with van der Waals surface area (Å²) in [5.41, 5.74) is 0.764. The molecule has 5 heteroatoms. The van der Waals surface area contributed by atoms with Crippen LogP contribution in [0.4, 0.5) is 0 Å². The predicted molar refractivity (Wildman–Crippen MR) is 74.1 cm³/mol. The SMILES string of the molecule is COCC[NH2+][C@@H](C)c1nc2ccccc2c(=O)n1C. The molecule has 5 nitrogen and oxygen atoms in total. The van der Waals surface area contributed by atoms with Gasteiger partial charge in [-0.15, -0.1) is 0 Å². The Balaban J connectivity index is 2.38. The van der Waals surface area contributed by atoms with Gasteiger partial charge in [0, 0.05) is 14.2 Å². The van der Waals surface area contributed by atoms with Gasteiger partial charge in [0.05, 0.1) is 24.1 Å². The first kappa shape index (κ1) is 13.7. The van der Waals surface area contributed by atoms with Gasteiger partial charge < -0.3 is 10.1 Å². The van der Waals surface area contributed by atoms with E-state index in [9.17, 15) is 4.79 Å². The Hall–Kier alpha value is -1.72. The monoisotopic (exact) mass is 262 g/mol. The summed E-state index contributed by atoms with van der Waals surface area (Å²) >= 11 is 0. The summed E-state index contributed by atoms with van der Waals surface area (Å²) in [4.78, 5) is 16.9. The van der Waals surface area contributed by atoms with Crippen LogP contribution in [-0.2, 0) is 11.8 Å². The van der Waals surface area contributed by atoms with Gasteiger partial charge in [0.25, 0.3) is 5.56 Å². The third-order valence-corrected chi connectivity index (χ3v) is 3.27. The van der Waals surface area contributed by atoms with Gasteiger partial charge in [0.2, 0.25) is 0 Å². The van der Waals surface area contributed by atoms with Crippen LogP contribution in [0.1, 0.15) is 18.8 Å². The molecular formula is C14H20N3O2+. The third kappa shape index (κ3) is 2.83. The van der Waals surface area contributed by atoms with Crippen LogP contribution in [0.3, 0.4) is 0 Å². The molecule has 0 saturated carbocycles. The number of fused-ring (bicyclic) bond motifs is 1. The smallest absolute Gasteiger partial charge is 0.261 e. The van der Waals surface area contributed by atoms with E-state index in [-0.39, 0.29) is 11.6 Å². The molecule has 0 fully saturated rings. The molecule has 0 saturated heterocycles. The van der Waals surface area contributed by atoms with Crippen LogP contribution in [-0.4, -0.2) is 29.8 Å². The van der Waals surface area contributed by atoms with Crippen LogP contribution in [0.25, 0.3) is 10.9 Å². The highest BCUT2D eigenvalue weighted by Gasteiger charge is 2.16. The van der Waals surface area contributed by atoms with E-state index in [1.807, 2.05) is 31.2 Å². The minimum atomic E-state index is 0.00703. The standard InChI is InChI=1S/C14H19N3O2/c1-10(15-8-9-19-3)13-16-12-7-5-4-6-11(12)14(18)17(13)2/h4-7,10,15H,8-9H2,1-3H3/p+1/t10-/m0/s1. The number of quaternary nitrogens is 1. The quantitative estimate of drug-likeness (QED) is 0.783. The van der Waals surface area contributed by atoms with Crippen molar-refractivity contribution in [2.24, 2.45) is 7.05 Å². The Morgan fingerprint density at radius 2 is 2.16 bits per heavy atom. The maximum absolute atomic E-state index is 12.3. The molecule has 0 unspecified atom stereocenters. The molecule has 19 heavy (non-hydrogen) atoms. The lowest BCUT2D eigenvalue weighted by atomic mass is 10.2. The Labute approximate surface area is 112 Å². The van der Waals surface area contributed by atoms with Crippen molar-refractivity contribution in [2.75, 3.05) is 20.3 Å². The fraction of sp³-hybridized carbons (Fsp3) is 0.429. The zero-order valence-electron chi connectivity index (χ0n) is 11.6. The highest BCUT2D eigenvalue weighted by Crippen LogP contribution is 2.10. The molecule has 1 atom stereocenters. The van der Waals surface area contributed by atoms with Crippen molar-refractivity contribution in [1.29, 1.82) is 0 Å². The molecule has 1 aromatic carbocycles. The normalized spacial score (nSPS) is 12.8. The lowest BCUT2D eigenvalue weighted by Gasteiger charge is -2.14. The van der Waals surface area contributed by atoms with E-state index in [1.165, 1.54) is 0 Å². The van der Waals surface area contributed by atoms with Crippen molar-refractivity contribution in [3.05, 3.63) is 40.4 Å². The van der Waals surface area contributed by atoms with Crippen LogP contribution in [0.5, 0.6) is 0 Å². The number of nitrogens with two attached hydrogens (primary N) is 1. The Bertz CT molecular complexity index is 622. The second-order valence-corrected chi connectivity index (χ2v) is 4.66. The summed E-state index contributed by atoms with van der Waals surface area (Å²) in [5, 5.41) is 2.79. The van der Waals surface area contributed by atoms with Gasteiger partial charge in [-0.3, -0.25) is 9.36 Å². The summed E-state index contributed by atoms with van der Waals surface area (Å²) in [7, 11) is 3.46. The number of benzene rings is 1. The van der Waals surface area contributed by atoms with Gasteiger partial charge in [0.1, 0.15) is 6.04 Å². The van der Waals surface area contributed by atoms with Gasteiger partial charge in [-0.25, -0.2) is 4.98 Å². The molecule has 0 aliphatic heterocycles. The molecule has 0 amide bonds. The van der Waals surface area contributed by atoms with Crippen LogP contribution in [0.2, 0.25) is 0 Å². The first-order chi connectivity index (χ1) is 9.15. The number of para-hydroxylation sites is 1. The van der Waals surface area contributed by atoms with Crippen LogP contribution < -0.4 is 10.9 Å². The molecular weight excluding hydrogens is 242 g/mol. The van der Waals surface area contributed by atoms with Gasteiger partial charge in [-0.1, -0.05) is 12.1 Å². The van der Waals surface area contributed by atoms with Gasteiger partial charge in [0.15, 0.2) is 5.82 Å². The van der Waals surface area contributed by atoms with E-state index >= 15 is 0 Å².